The average Bonchev–Trinajstić information content (AvgIpc) is 2.79. The van der Waals surface area contributed by atoms with E-state index in [4.69, 9.17) is 0 Å². The fourth-order valence-corrected chi connectivity index (χ4v) is 3.05. The molecule has 1 aromatic carbocycles. The number of benzene rings is 1. The number of rotatable bonds is 4. The predicted octanol–water partition coefficient (Wildman–Crippen LogP) is 2.65. The van der Waals surface area contributed by atoms with Crippen molar-refractivity contribution in [1.82, 2.24) is 9.88 Å². The minimum absolute atomic E-state index is 0.161. The Labute approximate surface area is 123 Å². The van der Waals surface area contributed by atoms with Crippen molar-refractivity contribution in [3.05, 3.63) is 45.7 Å². The standard InChI is InChI=1S/C17H20N2O2/c1-3-4-8-18-17(21)14-10-19-11(2)9-12-6-5-7-13(15(12)19)16(14)20/h5-7,10-11H,3-4,8-9H2,1-2H3,(H,18,21). The lowest BCUT2D eigenvalue weighted by Gasteiger charge is -2.12. The van der Waals surface area contributed by atoms with Crippen LogP contribution < -0.4 is 10.7 Å². The SMILES string of the molecule is CCCCNC(=O)c1cn2c3c(cccc3c1=O)CC2C. The molecule has 0 saturated heterocycles. The summed E-state index contributed by atoms with van der Waals surface area (Å²) < 4.78 is 2.07. The highest BCUT2D eigenvalue weighted by atomic mass is 16.2. The van der Waals surface area contributed by atoms with Gasteiger partial charge in [-0.1, -0.05) is 25.5 Å². The molecule has 1 aliphatic rings. The van der Waals surface area contributed by atoms with Gasteiger partial charge in [-0.15, -0.1) is 0 Å². The Morgan fingerprint density at radius 2 is 2.24 bits per heavy atom. The molecular formula is C17H20N2O2. The van der Waals surface area contributed by atoms with E-state index in [1.54, 1.807) is 6.20 Å². The zero-order valence-electron chi connectivity index (χ0n) is 12.5. The van der Waals surface area contributed by atoms with Crippen LogP contribution in [0.2, 0.25) is 0 Å². The molecule has 0 fully saturated rings. The number of carbonyl (C=O) groups excluding carboxylic acids is 1. The summed E-state index contributed by atoms with van der Waals surface area (Å²) in [5.41, 5.74) is 2.27. The van der Waals surface area contributed by atoms with Gasteiger partial charge in [-0.25, -0.2) is 0 Å². The molecule has 3 rings (SSSR count). The van der Waals surface area contributed by atoms with Gasteiger partial charge in [0.25, 0.3) is 5.91 Å². The van der Waals surface area contributed by atoms with Gasteiger partial charge in [-0.05, 0) is 31.4 Å². The van der Waals surface area contributed by atoms with Gasteiger partial charge < -0.3 is 9.88 Å². The fraction of sp³-hybridized carbons (Fsp3) is 0.412. The lowest BCUT2D eigenvalue weighted by atomic mass is 10.1. The van der Waals surface area contributed by atoms with Gasteiger partial charge in [0.05, 0.1) is 5.52 Å². The van der Waals surface area contributed by atoms with Crippen molar-refractivity contribution in [2.45, 2.75) is 39.2 Å². The van der Waals surface area contributed by atoms with Crippen molar-refractivity contribution in [3.8, 4) is 0 Å². The summed E-state index contributed by atoms with van der Waals surface area (Å²) in [4.78, 5) is 24.8. The maximum atomic E-state index is 12.6. The smallest absolute Gasteiger partial charge is 0.256 e. The molecule has 0 saturated carbocycles. The van der Waals surface area contributed by atoms with Gasteiger partial charge in [-0.3, -0.25) is 9.59 Å². The first-order valence-corrected chi connectivity index (χ1v) is 7.58. The molecule has 0 radical (unpaired) electrons. The average molecular weight is 284 g/mol. The quantitative estimate of drug-likeness (QED) is 0.878. The highest BCUT2D eigenvalue weighted by molar-refractivity contribution is 5.98. The van der Waals surface area contributed by atoms with E-state index in [9.17, 15) is 9.59 Å². The van der Waals surface area contributed by atoms with Crippen molar-refractivity contribution in [3.63, 3.8) is 0 Å². The number of hydrogen-bond acceptors (Lipinski definition) is 2. The minimum atomic E-state index is -0.261. The Kier molecular flexibility index (Phi) is 3.53. The Bertz CT molecular complexity index is 761. The number of carbonyl (C=O) groups is 1. The molecule has 2 heterocycles. The first kappa shape index (κ1) is 13.9. The number of hydrogen-bond donors (Lipinski definition) is 1. The maximum Gasteiger partial charge on any atom is 0.256 e. The number of nitrogens with one attached hydrogen (secondary N) is 1. The Morgan fingerprint density at radius 1 is 1.43 bits per heavy atom. The van der Waals surface area contributed by atoms with Crippen LogP contribution in [0.4, 0.5) is 0 Å². The molecule has 4 heteroatoms. The number of para-hydroxylation sites is 1. The summed E-state index contributed by atoms with van der Waals surface area (Å²) in [7, 11) is 0. The molecule has 0 bridgehead atoms. The molecule has 0 spiro atoms. The van der Waals surface area contributed by atoms with Crippen molar-refractivity contribution >= 4 is 16.8 Å². The summed E-state index contributed by atoms with van der Waals surface area (Å²) >= 11 is 0. The summed E-state index contributed by atoms with van der Waals surface area (Å²) in [5.74, 6) is -0.261. The number of amides is 1. The summed E-state index contributed by atoms with van der Waals surface area (Å²) in [6.45, 7) is 4.80. The van der Waals surface area contributed by atoms with E-state index in [0.29, 0.717) is 11.9 Å². The van der Waals surface area contributed by atoms with E-state index >= 15 is 0 Å². The van der Waals surface area contributed by atoms with E-state index in [1.165, 1.54) is 5.56 Å². The second-order valence-corrected chi connectivity index (χ2v) is 5.76. The molecule has 1 N–H and O–H groups in total. The monoisotopic (exact) mass is 284 g/mol. The van der Waals surface area contributed by atoms with Crippen LogP contribution in [-0.2, 0) is 6.42 Å². The number of nitrogens with zero attached hydrogens (tertiary/aromatic N) is 1. The highest BCUT2D eigenvalue weighted by Gasteiger charge is 2.24. The second-order valence-electron chi connectivity index (χ2n) is 5.76. The third-order valence-electron chi connectivity index (χ3n) is 4.19. The lowest BCUT2D eigenvalue weighted by molar-refractivity contribution is 0.0951. The number of aromatic nitrogens is 1. The second kappa shape index (κ2) is 5.35. The normalized spacial score (nSPS) is 16.4. The third kappa shape index (κ3) is 2.24. The van der Waals surface area contributed by atoms with Crippen molar-refractivity contribution in [2.24, 2.45) is 0 Å². The van der Waals surface area contributed by atoms with Crippen LogP contribution in [0.15, 0.2) is 29.2 Å². The molecule has 110 valence electrons. The van der Waals surface area contributed by atoms with Crippen LogP contribution in [0.1, 0.15) is 48.7 Å². The Hall–Kier alpha value is -2.10. The summed E-state index contributed by atoms with van der Waals surface area (Å²) in [6, 6.07) is 6.06. The third-order valence-corrected chi connectivity index (χ3v) is 4.19. The molecule has 4 nitrogen and oxygen atoms in total. The zero-order chi connectivity index (χ0) is 15.0. The van der Waals surface area contributed by atoms with Crippen LogP contribution in [0.25, 0.3) is 10.9 Å². The highest BCUT2D eigenvalue weighted by Crippen LogP contribution is 2.30. The molecule has 21 heavy (non-hydrogen) atoms. The van der Waals surface area contributed by atoms with Crippen LogP contribution in [-0.4, -0.2) is 17.0 Å². The summed E-state index contributed by atoms with van der Waals surface area (Å²) in [5, 5.41) is 3.49. The van der Waals surface area contributed by atoms with Gasteiger partial charge in [0.15, 0.2) is 0 Å². The first-order chi connectivity index (χ1) is 10.1. The van der Waals surface area contributed by atoms with Crippen molar-refractivity contribution in [2.75, 3.05) is 6.54 Å². The molecule has 1 aromatic heterocycles. The Morgan fingerprint density at radius 3 is 3.00 bits per heavy atom. The van der Waals surface area contributed by atoms with E-state index in [2.05, 4.69) is 29.8 Å². The van der Waals surface area contributed by atoms with E-state index in [0.717, 1.165) is 24.8 Å². The largest absolute Gasteiger partial charge is 0.352 e. The van der Waals surface area contributed by atoms with Gasteiger partial charge in [-0.2, -0.15) is 0 Å². The van der Waals surface area contributed by atoms with Gasteiger partial charge >= 0.3 is 0 Å². The lowest BCUT2D eigenvalue weighted by Crippen LogP contribution is -2.30. The van der Waals surface area contributed by atoms with Crippen LogP contribution >= 0.6 is 0 Å². The van der Waals surface area contributed by atoms with Gasteiger partial charge in [0.2, 0.25) is 5.43 Å². The van der Waals surface area contributed by atoms with E-state index in [-0.39, 0.29) is 22.9 Å². The molecule has 1 atom stereocenters. The van der Waals surface area contributed by atoms with E-state index in [1.807, 2.05) is 12.1 Å². The topological polar surface area (TPSA) is 51.1 Å². The molecule has 0 aliphatic carbocycles. The van der Waals surface area contributed by atoms with Crippen molar-refractivity contribution < 1.29 is 4.79 Å². The first-order valence-electron chi connectivity index (χ1n) is 7.58. The molecule has 2 aromatic rings. The van der Waals surface area contributed by atoms with Crippen LogP contribution in [0.5, 0.6) is 0 Å². The minimum Gasteiger partial charge on any atom is -0.352 e. The van der Waals surface area contributed by atoms with Crippen LogP contribution in [0.3, 0.4) is 0 Å². The maximum absolute atomic E-state index is 12.6. The zero-order valence-corrected chi connectivity index (χ0v) is 12.5. The van der Waals surface area contributed by atoms with Crippen molar-refractivity contribution in [1.29, 1.82) is 0 Å². The molecular weight excluding hydrogens is 264 g/mol. The van der Waals surface area contributed by atoms with Gasteiger partial charge in [0.1, 0.15) is 5.56 Å². The molecule has 1 amide bonds. The van der Waals surface area contributed by atoms with E-state index < -0.39 is 0 Å². The number of unbranched alkanes of at least 4 members (excludes halogenated alkanes) is 1. The molecule has 1 unspecified atom stereocenters. The van der Waals surface area contributed by atoms with Gasteiger partial charge in [0, 0.05) is 24.2 Å². The predicted molar refractivity (Wildman–Crippen MR) is 83.9 cm³/mol. The summed E-state index contributed by atoms with van der Waals surface area (Å²) in [6.07, 6.45) is 4.58. The Balaban J connectivity index is 2.09. The fourth-order valence-electron chi connectivity index (χ4n) is 3.05. The number of pyridine rings is 1. The van der Waals surface area contributed by atoms with Crippen LogP contribution in [0, 0.1) is 0 Å². The molecule has 1 aliphatic heterocycles.